The van der Waals surface area contributed by atoms with Gasteiger partial charge in [0.2, 0.25) is 12.7 Å². The number of nitrogens with zero attached hydrogens (tertiary/aromatic N) is 4. The number of fused-ring (bicyclic) bond motifs is 2. The number of anilines is 1. The van der Waals surface area contributed by atoms with Crippen LogP contribution < -0.4 is 20.9 Å². The molecule has 0 saturated carbocycles. The van der Waals surface area contributed by atoms with Gasteiger partial charge in [-0.05, 0) is 31.2 Å². The molecule has 0 spiro atoms. The second-order valence-corrected chi connectivity index (χ2v) is 7.92. The van der Waals surface area contributed by atoms with Crippen LogP contribution in [0.3, 0.4) is 0 Å². The predicted molar refractivity (Wildman–Crippen MR) is 113 cm³/mol. The quantitative estimate of drug-likeness (QED) is 0.464. The van der Waals surface area contributed by atoms with Crippen LogP contribution in [-0.2, 0) is 11.3 Å². The number of carbonyl (C=O) groups excluding carboxylic acids is 1. The van der Waals surface area contributed by atoms with E-state index in [9.17, 15) is 4.79 Å². The molecular weight excluding hydrogens is 420 g/mol. The lowest BCUT2D eigenvalue weighted by Gasteiger charge is -2.11. The van der Waals surface area contributed by atoms with Gasteiger partial charge >= 0.3 is 0 Å². The zero-order chi connectivity index (χ0) is 21.5. The second-order valence-electron chi connectivity index (χ2n) is 6.91. The number of furan rings is 1. The second kappa shape index (κ2) is 7.51. The molecule has 11 heteroatoms. The van der Waals surface area contributed by atoms with Gasteiger partial charge < -0.3 is 29.9 Å². The van der Waals surface area contributed by atoms with Gasteiger partial charge in [-0.1, -0.05) is 11.8 Å². The molecule has 0 aliphatic carbocycles. The monoisotopic (exact) mass is 438 g/mol. The van der Waals surface area contributed by atoms with Crippen LogP contribution in [0.5, 0.6) is 11.5 Å². The molecule has 0 unspecified atom stereocenters. The number of amides is 1. The fourth-order valence-electron chi connectivity index (χ4n) is 3.31. The predicted octanol–water partition coefficient (Wildman–Crippen LogP) is 2.73. The molecule has 4 heterocycles. The Hall–Kier alpha value is -3.73. The van der Waals surface area contributed by atoms with E-state index in [0.29, 0.717) is 40.1 Å². The molecule has 4 N–H and O–H groups in total. The van der Waals surface area contributed by atoms with Crippen LogP contribution >= 0.6 is 11.8 Å². The van der Waals surface area contributed by atoms with Crippen LogP contribution in [0.4, 0.5) is 5.82 Å². The van der Waals surface area contributed by atoms with Crippen LogP contribution in [0.25, 0.3) is 22.5 Å². The fraction of sp³-hybridized carbons (Fsp3) is 0.200. The summed E-state index contributed by atoms with van der Waals surface area (Å²) in [6, 6.07) is 7.56. The Morgan fingerprint density at radius 3 is 2.77 bits per heavy atom. The van der Waals surface area contributed by atoms with E-state index in [0.717, 1.165) is 16.2 Å². The number of imidazole rings is 1. The molecule has 1 aliphatic heterocycles. The topological polar surface area (TPSA) is 144 Å². The smallest absolute Gasteiger partial charge is 0.231 e. The molecule has 0 bridgehead atoms. The molecule has 0 atom stereocenters. The van der Waals surface area contributed by atoms with E-state index < -0.39 is 5.91 Å². The lowest BCUT2D eigenvalue weighted by atomic mass is 10.1. The molecule has 0 radical (unpaired) electrons. The van der Waals surface area contributed by atoms with Crippen molar-refractivity contribution in [2.75, 3.05) is 12.5 Å². The normalized spacial score (nSPS) is 12.5. The van der Waals surface area contributed by atoms with E-state index in [1.807, 2.05) is 35.8 Å². The van der Waals surface area contributed by atoms with Gasteiger partial charge in [-0.15, -0.1) is 0 Å². The van der Waals surface area contributed by atoms with Crippen molar-refractivity contribution in [1.82, 2.24) is 19.5 Å². The highest BCUT2D eigenvalue weighted by molar-refractivity contribution is 7.99. The highest BCUT2D eigenvalue weighted by Gasteiger charge is 2.23. The Morgan fingerprint density at radius 2 is 2.03 bits per heavy atom. The number of ether oxygens (including phenoxy) is 2. The largest absolute Gasteiger partial charge is 0.461 e. The van der Waals surface area contributed by atoms with Crippen LogP contribution in [0.15, 0.2) is 45.1 Å². The molecule has 5 rings (SSSR count). The number of aromatic nitrogens is 4. The molecule has 31 heavy (non-hydrogen) atoms. The van der Waals surface area contributed by atoms with E-state index in [1.165, 1.54) is 18.1 Å². The first-order valence-electron chi connectivity index (χ1n) is 9.43. The van der Waals surface area contributed by atoms with Crippen molar-refractivity contribution in [3.8, 4) is 22.8 Å². The van der Waals surface area contributed by atoms with Crippen molar-refractivity contribution < 1.29 is 18.7 Å². The van der Waals surface area contributed by atoms with Crippen molar-refractivity contribution in [3.05, 3.63) is 36.4 Å². The van der Waals surface area contributed by atoms with Crippen LogP contribution in [0, 0.1) is 6.92 Å². The SMILES string of the molecule is Cc1ccc(-c2cc3c(cc2Sc2nc4c(N)ncnc4n2CCC(N)=O)OCO3)o1. The molecule has 10 nitrogen and oxygen atoms in total. The number of carbonyl (C=O) groups is 1. The molecule has 0 fully saturated rings. The van der Waals surface area contributed by atoms with Crippen molar-refractivity contribution in [2.24, 2.45) is 5.73 Å². The van der Waals surface area contributed by atoms with Gasteiger partial charge in [-0.2, -0.15) is 0 Å². The molecule has 3 aromatic heterocycles. The van der Waals surface area contributed by atoms with E-state index in [-0.39, 0.29) is 19.0 Å². The van der Waals surface area contributed by atoms with Gasteiger partial charge in [0.1, 0.15) is 17.8 Å². The van der Waals surface area contributed by atoms with E-state index in [1.54, 1.807) is 0 Å². The molecular formula is C20H18N6O4S. The van der Waals surface area contributed by atoms with E-state index in [4.69, 9.17) is 25.4 Å². The summed E-state index contributed by atoms with van der Waals surface area (Å²) >= 11 is 1.38. The summed E-state index contributed by atoms with van der Waals surface area (Å²) in [5.74, 6) is 2.60. The first-order chi connectivity index (χ1) is 15.0. The maximum atomic E-state index is 11.4. The minimum Gasteiger partial charge on any atom is -0.461 e. The Bertz CT molecular complexity index is 1310. The Labute approximate surface area is 180 Å². The third-order valence-electron chi connectivity index (χ3n) is 4.79. The zero-order valence-electron chi connectivity index (χ0n) is 16.5. The molecule has 1 aliphatic rings. The third kappa shape index (κ3) is 3.52. The minimum atomic E-state index is -0.422. The fourth-order valence-corrected chi connectivity index (χ4v) is 4.37. The molecule has 0 saturated heterocycles. The number of rotatable bonds is 6. The molecule has 158 valence electrons. The van der Waals surface area contributed by atoms with Gasteiger partial charge in [-0.25, -0.2) is 15.0 Å². The number of nitrogens with two attached hydrogens (primary N) is 2. The van der Waals surface area contributed by atoms with Gasteiger partial charge in [0.05, 0.1) is 0 Å². The number of hydrogen-bond acceptors (Lipinski definition) is 9. The van der Waals surface area contributed by atoms with Crippen molar-refractivity contribution in [1.29, 1.82) is 0 Å². The van der Waals surface area contributed by atoms with Crippen LogP contribution in [0.2, 0.25) is 0 Å². The Balaban J connectivity index is 1.63. The first kappa shape index (κ1) is 19.2. The maximum absolute atomic E-state index is 11.4. The van der Waals surface area contributed by atoms with Crippen molar-refractivity contribution in [2.45, 2.75) is 29.9 Å². The summed E-state index contributed by atoms with van der Waals surface area (Å²) in [5.41, 5.74) is 13.2. The molecule has 1 amide bonds. The summed E-state index contributed by atoms with van der Waals surface area (Å²) in [7, 11) is 0. The standard InChI is InChI=1S/C20H18N6O4S/c1-10-2-3-12(30-10)11-6-13-14(29-9-28-13)7-15(11)31-20-25-17-18(22)23-8-24-19(17)26(20)5-4-16(21)27/h2-3,6-8H,4-5,9H2,1H3,(H2,21,27)(H2,22,23,24). The molecule has 1 aromatic carbocycles. The summed E-state index contributed by atoms with van der Waals surface area (Å²) in [4.78, 5) is 25.2. The third-order valence-corrected chi connectivity index (χ3v) is 5.84. The number of benzene rings is 1. The average molecular weight is 438 g/mol. The Morgan fingerprint density at radius 1 is 1.23 bits per heavy atom. The summed E-state index contributed by atoms with van der Waals surface area (Å²) < 4.78 is 18.8. The van der Waals surface area contributed by atoms with Gasteiger partial charge in [0.15, 0.2) is 33.6 Å². The summed E-state index contributed by atoms with van der Waals surface area (Å²) in [6.07, 6.45) is 1.50. The van der Waals surface area contributed by atoms with Crippen LogP contribution in [-0.4, -0.2) is 32.2 Å². The van der Waals surface area contributed by atoms with Crippen molar-refractivity contribution in [3.63, 3.8) is 0 Å². The highest BCUT2D eigenvalue weighted by Crippen LogP contribution is 2.45. The number of aryl methyl sites for hydroxylation is 2. The van der Waals surface area contributed by atoms with Gasteiger partial charge in [-0.3, -0.25) is 4.79 Å². The van der Waals surface area contributed by atoms with Gasteiger partial charge in [0.25, 0.3) is 0 Å². The highest BCUT2D eigenvalue weighted by atomic mass is 32.2. The summed E-state index contributed by atoms with van der Waals surface area (Å²) in [5, 5.41) is 0.590. The van der Waals surface area contributed by atoms with Crippen molar-refractivity contribution >= 4 is 34.7 Å². The molecule has 4 aromatic rings. The maximum Gasteiger partial charge on any atom is 0.231 e. The first-order valence-corrected chi connectivity index (χ1v) is 10.2. The van der Waals surface area contributed by atoms with E-state index in [2.05, 4.69) is 15.0 Å². The zero-order valence-corrected chi connectivity index (χ0v) is 17.3. The van der Waals surface area contributed by atoms with Gasteiger partial charge in [0, 0.05) is 23.4 Å². The number of hydrogen-bond donors (Lipinski definition) is 2. The minimum absolute atomic E-state index is 0.133. The number of nitrogen functional groups attached to an aromatic ring is 1. The lowest BCUT2D eigenvalue weighted by Crippen LogP contribution is -2.14. The van der Waals surface area contributed by atoms with E-state index >= 15 is 0 Å². The average Bonchev–Trinajstić information content (AvgIpc) is 3.45. The number of primary amides is 1. The van der Waals surface area contributed by atoms with Crippen LogP contribution in [0.1, 0.15) is 12.2 Å². The Kier molecular flexibility index (Phi) is 4.66. The lowest BCUT2D eigenvalue weighted by molar-refractivity contribution is -0.118. The summed E-state index contributed by atoms with van der Waals surface area (Å²) in [6.45, 7) is 2.35.